The van der Waals surface area contributed by atoms with Crippen molar-refractivity contribution >= 4 is 17.3 Å². The quantitative estimate of drug-likeness (QED) is 0.534. The minimum absolute atomic E-state index is 0.272. The summed E-state index contributed by atoms with van der Waals surface area (Å²) in [6.07, 6.45) is 2.53. The summed E-state index contributed by atoms with van der Waals surface area (Å²) in [5.41, 5.74) is 6.32. The third kappa shape index (κ3) is 3.47. The topological polar surface area (TPSA) is 0 Å². The number of allylic oxidation sites excluding steroid dienone is 1. The lowest BCUT2D eigenvalue weighted by atomic mass is 9.63. The molecule has 0 saturated carbocycles. The maximum atomic E-state index is 2.44. The lowest BCUT2D eigenvalue weighted by molar-refractivity contribution is 0.332. The molecular formula is C23H28S. The molecule has 1 aliphatic rings. The van der Waals surface area contributed by atoms with E-state index in [2.05, 4.69) is 88.6 Å². The predicted molar refractivity (Wildman–Crippen MR) is 108 cm³/mol. The molecule has 0 nitrogen and oxygen atoms in total. The van der Waals surface area contributed by atoms with Gasteiger partial charge in [0.1, 0.15) is 0 Å². The van der Waals surface area contributed by atoms with Gasteiger partial charge in [0, 0.05) is 4.90 Å². The Morgan fingerprint density at radius 3 is 2.17 bits per heavy atom. The van der Waals surface area contributed by atoms with E-state index in [1.165, 1.54) is 40.0 Å². The molecule has 0 aromatic heterocycles. The number of benzene rings is 2. The van der Waals surface area contributed by atoms with Crippen molar-refractivity contribution in [2.45, 2.75) is 63.2 Å². The highest BCUT2D eigenvalue weighted by atomic mass is 32.2. The van der Waals surface area contributed by atoms with Gasteiger partial charge in [0.05, 0.1) is 0 Å². The molecule has 1 heteroatoms. The first-order valence-electron chi connectivity index (χ1n) is 8.83. The maximum absolute atomic E-state index is 2.44. The highest BCUT2D eigenvalue weighted by Gasteiger charge is 2.36. The van der Waals surface area contributed by atoms with Crippen LogP contribution in [0.2, 0.25) is 0 Å². The molecule has 0 heterocycles. The van der Waals surface area contributed by atoms with E-state index in [0.29, 0.717) is 5.41 Å². The fourth-order valence-electron chi connectivity index (χ4n) is 3.56. The molecule has 0 bridgehead atoms. The Labute approximate surface area is 151 Å². The van der Waals surface area contributed by atoms with Crippen LogP contribution in [0.3, 0.4) is 0 Å². The van der Waals surface area contributed by atoms with Crippen molar-refractivity contribution in [2.75, 3.05) is 0 Å². The Morgan fingerprint density at radius 1 is 0.875 bits per heavy atom. The lowest BCUT2D eigenvalue weighted by Gasteiger charge is -2.42. The van der Waals surface area contributed by atoms with E-state index >= 15 is 0 Å². The number of fused-ring (bicyclic) bond motifs is 1. The summed E-state index contributed by atoms with van der Waals surface area (Å²) in [4.78, 5) is 1.29. The van der Waals surface area contributed by atoms with E-state index < -0.39 is 0 Å². The van der Waals surface area contributed by atoms with E-state index in [4.69, 9.17) is 0 Å². The van der Waals surface area contributed by atoms with Crippen LogP contribution in [-0.4, -0.2) is 0 Å². The zero-order chi connectivity index (χ0) is 17.4. The maximum Gasteiger partial charge on any atom is 0.0116 e. The third-order valence-corrected chi connectivity index (χ3v) is 6.44. The van der Waals surface area contributed by atoms with Gasteiger partial charge in [0.25, 0.3) is 0 Å². The van der Waals surface area contributed by atoms with Crippen LogP contribution in [0.4, 0.5) is 0 Å². The minimum atomic E-state index is 0.272. The molecule has 0 saturated heterocycles. The molecule has 0 fully saturated rings. The highest BCUT2D eigenvalue weighted by molar-refractivity contribution is 8.02. The summed E-state index contributed by atoms with van der Waals surface area (Å²) in [5, 5.41) is 2.28. The van der Waals surface area contributed by atoms with Crippen molar-refractivity contribution in [3.63, 3.8) is 0 Å². The van der Waals surface area contributed by atoms with Gasteiger partial charge in [0.15, 0.2) is 0 Å². The molecule has 0 aliphatic heterocycles. The molecule has 1 aliphatic carbocycles. The summed E-state index contributed by atoms with van der Waals surface area (Å²) in [7, 11) is 0. The zero-order valence-electron chi connectivity index (χ0n) is 15.5. The molecule has 0 N–H and O–H groups in total. The van der Waals surface area contributed by atoms with Crippen molar-refractivity contribution in [1.82, 2.24) is 0 Å². The fourth-order valence-corrected chi connectivity index (χ4v) is 4.32. The summed E-state index contributed by atoms with van der Waals surface area (Å²) >= 11 is 1.80. The van der Waals surface area contributed by atoms with Crippen molar-refractivity contribution < 1.29 is 0 Å². The normalized spacial score (nSPS) is 19.0. The Bertz CT molecular complexity index is 751. The second-order valence-corrected chi connectivity index (χ2v) is 9.20. The summed E-state index contributed by atoms with van der Waals surface area (Å²) in [6, 6.07) is 17.7. The van der Waals surface area contributed by atoms with E-state index in [9.17, 15) is 0 Å². The van der Waals surface area contributed by atoms with Crippen LogP contribution < -0.4 is 0 Å². The first-order valence-corrected chi connectivity index (χ1v) is 9.71. The molecule has 0 radical (unpaired) electrons. The fraction of sp³-hybridized carbons (Fsp3) is 0.391. The predicted octanol–water partition coefficient (Wildman–Crippen LogP) is 7.19. The minimum Gasteiger partial charge on any atom is -0.0978 e. The van der Waals surface area contributed by atoms with Gasteiger partial charge in [-0.1, -0.05) is 75.9 Å². The molecule has 126 valence electrons. The van der Waals surface area contributed by atoms with E-state index in [1.807, 2.05) is 0 Å². The molecule has 2 aromatic carbocycles. The Kier molecular flexibility index (Phi) is 4.66. The van der Waals surface area contributed by atoms with Crippen molar-refractivity contribution in [3.8, 4) is 0 Å². The molecular weight excluding hydrogens is 308 g/mol. The first kappa shape index (κ1) is 17.4. The van der Waals surface area contributed by atoms with E-state index in [1.54, 1.807) is 11.8 Å². The molecule has 2 aromatic rings. The lowest BCUT2D eigenvalue weighted by Crippen LogP contribution is -2.33. The Balaban J connectivity index is 1.93. The Morgan fingerprint density at radius 2 is 1.50 bits per heavy atom. The molecule has 0 unspecified atom stereocenters. The summed E-state index contributed by atoms with van der Waals surface area (Å²) in [5.74, 6) is 0. The van der Waals surface area contributed by atoms with Crippen LogP contribution in [0.25, 0.3) is 5.57 Å². The average molecular weight is 337 g/mol. The smallest absolute Gasteiger partial charge is 0.0116 e. The van der Waals surface area contributed by atoms with Gasteiger partial charge in [-0.25, -0.2) is 0 Å². The van der Waals surface area contributed by atoms with Gasteiger partial charge in [-0.15, -0.1) is 0 Å². The van der Waals surface area contributed by atoms with Crippen LogP contribution in [0.1, 0.15) is 64.2 Å². The SMILES string of the molecule is CC(=CSc1ccccc1)c1ccc2c(c1)C(C)(C)CCC2(C)C. The van der Waals surface area contributed by atoms with Gasteiger partial charge < -0.3 is 0 Å². The largest absolute Gasteiger partial charge is 0.0978 e. The number of hydrogen-bond donors (Lipinski definition) is 0. The van der Waals surface area contributed by atoms with Gasteiger partial charge in [0.2, 0.25) is 0 Å². The van der Waals surface area contributed by atoms with Crippen molar-refractivity contribution in [1.29, 1.82) is 0 Å². The molecule has 0 spiro atoms. The molecule has 0 amide bonds. The van der Waals surface area contributed by atoms with Crippen LogP contribution in [-0.2, 0) is 10.8 Å². The highest BCUT2D eigenvalue weighted by Crippen LogP contribution is 2.46. The Hall–Kier alpha value is -1.47. The molecule has 3 rings (SSSR count). The van der Waals surface area contributed by atoms with Gasteiger partial charge in [-0.05, 0) is 70.4 Å². The first-order chi connectivity index (χ1) is 11.3. The number of rotatable bonds is 3. The van der Waals surface area contributed by atoms with Crippen LogP contribution >= 0.6 is 11.8 Å². The van der Waals surface area contributed by atoms with Gasteiger partial charge >= 0.3 is 0 Å². The zero-order valence-corrected chi connectivity index (χ0v) is 16.3. The van der Waals surface area contributed by atoms with E-state index in [0.717, 1.165) is 0 Å². The van der Waals surface area contributed by atoms with Crippen LogP contribution in [0.5, 0.6) is 0 Å². The monoisotopic (exact) mass is 336 g/mol. The molecule has 24 heavy (non-hydrogen) atoms. The van der Waals surface area contributed by atoms with Gasteiger partial charge in [-0.2, -0.15) is 0 Å². The van der Waals surface area contributed by atoms with Crippen molar-refractivity contribution in [3.05, 3.63) is 70.6 Å². The van der Waals surface area contributed by atoms with Gasteiger partial charge in [-0.3, -0.25) is 0 Å². The summed E-state index contributed by atoms with van der Waals surface area (Å²) in [6.45, 7) is 11.8. The van der Waals surface area contributed by atoms with E-state index in [-0.39, 0.29) is 5.41 Å². The average Bonchev–Trinajstić information content (AvgIpc) is 2.57. The second-order valence-electron chi connectivity index (χ2n) is 8.26. The molecule has 0 atom stereocenters. The third-order valence-electron chi connectivity index (χ3n) is 5.42. The summed E-state index contributed by atoms with van der Waals surface area (Å²) < 4.78 is 0. The van der Waals surface area contributed by atoms with Crippen LogP contribution in [0.15, 0.2) is 58.8 Å². The number of thioether (sulfide) groups is 1. The van der Waals surface area contributed by atoms with Crippen molar-refractivity contribution in [2.24, 2.45) is 0 Å². The second kappa shape index (κ2) is 6.44. The standard InChI is InChI=1S/C23H28S/c1-17(16-24-19-9-7-6-8-10-19)18-11-12-20-21(15-18)23(4,5)14-13-22(20,2)3/h6-12,15-16H,13-14H2,1-5H3. The number of hydrogen-bond acceptors (Lipinski definition) is 1. The van der Waals surface area contributed by atoms with Crippen LogP contribution in [0, 0.1) is 0 Å².